The first-order valence-electron chi connectivity index (χ1n) is 12.9. The molecule has 0 aromatic carbocycles. The number of carbonyl (C=O) groups is 1. The first-order valence-corrected chi connectivity index (χ1v) is 12.9. The Balaban J connectivity index is 3.81. The summed E-state index contributed by atoms with van der Waals surface area (Å²) in [5.74, 6) is 0.214. The Morgan fingerprint density at radius 3 is 1.78 bits per heavy atom. The van der Waals surface area contributed by atoms with Crippen molar-refractivity contribution in [2.24, 2.45) is 5.92 Å². The number of unbranched alkanes of at least 4 members (excludes halogenated alkanes) is 8. The molecule has 0 aromatic rings. The highest BCUT2D eigenvalue weighted by molar-refractivity contribution is 5.82. The summed E-state index contributed by atoms with van der Waals surface area (Å²) in [4.78, 5) is 11.7. The van der Waals surface area contributed by atoms with Gasteiger partial charge >= 0.3 is 5.97 Å². The van der Waals surface area contributed by atoms with Crippen molar-refractivity contribution in [1.29, 1.82) is 0 Å². The maximum absolute atomic E-state index is 11.7. The van der Waals surface area contributed by atoms with E-state index in [1.807, 2.05) is 42.5 Å². The van der Waals surface area contributed by atoms with E-state index in [1.165, 1.54) is 70.3 Å². The monoisotopic (exact) mass is 440 g/mol. The number of ether oxygens (including phenoxy) is 1. The molecule has 0 heterocycles. The third kappa shape index (κ3) is 22.6. The largest absolute Gasteiger partial charge is 0.462 e. The van der Waals surface area contributed by atoms with Crippen molar-refractivity contribution in [2.45, 2.75) is 97.8 Å². The van der Waals surface area contributed by atoms with Crippen molar-refractivity contribution >= 4 is 5.97 Å². The van der Waals surface area contributed by atoms with E-state index >= 15 is 0 Å². The van der Waals surface area contributed by atoms with Gasteiger partial charge in [0, 0.05) is 6.08 Å². The van der Waals surface area contributed by atoms with Crippen LogP contribution in [0.3, 0.4) is 0 Å². The number of hydrogen-bond acceptors (Lipinski definition) is 2. The van der Waals surface area contributed by atoms with E-state index in [-0.39, 0.29) is 5.97 Å². The number of allylic oxidation sites excluding steroid dienone is 11. The van der Waals surface area contributed by atoms with Crippen LogP contribution >= 0.6 is 0 Å². The zero-order chi connectivity index (χ0) is 23.5. The molecular formula is C30H48O2. The predicted molar refractivity (Wildman–Crippen MR) is 142 cm³/mol. The Morgan fingerprint density at radius 2 is 1.19 bits per heavy atom. The fourth-order valence-electron chi connectivity index (χ4n) is 3.19. The highest BCUT2D eigenvalue weighted by atomic mass is 16.5. The van der Waals surface area contributed by atoms with E-state index in [2.05, 4.69) is 39.0 Å². The Bertz CT molecular complexity index is 590. The molecule has 0 aliphatic heterocycles. The van der Waals surface area contributed by atoms with E-state index in [9.17, 15) is 4.79 Å². The maximum Gasteiger partial charge on any atom is 0.330 e. The van der Waals surface area contributed by atoms with Crippen LogP contribution in [0, 0.1) is 5.92 Å². The topological polar surface area (TPSA) is 26.3 Å². The molecule has 0 saturated carbocycles. The van der Waals surface area contributed by atoms with E-state index in [0.717, 1.165) is 12.8 Å². The van der Waals surface area contributed by atoms with Gasteiger partial charge in [0.05, 0.1) is 6.61 Å². The Labute approximate surface area is 198 Å². The molecule has 0 aliphatic carbocycles. The van der Waals surface area contributed by atoms with Gasteiger partial charge in [0.15, 0.2) is 0 Å². The number of esters is 1. The molecule has 2 nitrogen and oxygen atoms in total. The number of rotatable bonds is 20. The molecule has 0 aliphatic rings. The standard InChI is InChI=1S/C30H48O2/c1-4-7-9-10-11-12-13-14-15-16-17-18-19-20-21-22-23-24-25-27-30(31)32-28-29(6-3)26-8-5-2/h15-25,27,29H,4-14,26,28H2,1-3H3. The molecule has 2 heteroatoms. The molecular weight excluding hydrogens is 392 g/mol. The van der Waals surface area contributed by atoms with Gasteiger partial charge in [0.1, 0.15) is 0 Å². The van der Waals surface area contributed by atoms with Crippen molar-refractivity contribution in [3.05, 3.63) is 72.9 Å². The van der Waals surface area contributed by atoms with Gasteiger partial charge in [-0.2, -0.15) is 0 Å². The summed E-state index contributed by atoms with van der Waals surface area (Å²) in [7, 11) is 0. The van der Waals surface area contributed by atoms with Gasteiger partial charge in [-0.3, -0.25) is 0 Å². The van der Waals surface area contributed by atoms with E-state index in [4.69, 9.17) is 4.74 Å². The average molecular weight is 441 g/mol. The van der Waals surface area contributed by atoms with Crippen molar-refractivity contribution in [3.8, 4) is 0 Å². The lowest BCUT2D eigenvalue weighted by Crippen LogP contribution is -2.12. The fourth-order valence-corrected chi connectivity index (χ4v) is 3.19. The Hall–Kier alpha value is -2.09. The van der Waals surface area contributed by atoms with Crippen LogP contribution < -0.4 is 0 Å². The van der Waals surface area contributed by atoms with E-state index in [1.54, 1.807) is 6.08 Å². The summed E-state index contributed by atoms with van der Waals surface area (Å²) in [5.41, 5.74) is 0. The Morgan fingerprint density at radius 1 is 0.656 bits per heavy atom. The molecule has 0 aromatic heterocycles. The summed E-state index contributed by atoms with van der Waals surface area (Å²) < 4.78 is 5.33. The second-order valence-electron chi connectivity index (χ2n) is 8.28. The molecule has 0 amide bonds. The zero-order valence-electron chi connectivity index (χ0n) is 21.0. The van der Waals surface area contributed by atoms with Crippen LogP contribution in [0.5, 0.6) is 0 Å². The normalized spacial score (nSPS) is 13.7. The van der Waals surface area contributed by atoms with Crippen LogP contribution in [-0.4, -0.2) is 12.6 Å². The lowest BCUT2D eigenvalue weighted by molar-refractivity contribution is -0.139. The molecule has 0 fully saturated rings. The van der Waals surface area contributed by atoms with E-state index < -0.39 is 0 Å². The first-order chi connectivity index (χ1) is 15.7. The fraction of sp³-hybridized carbons (Fsp3) is 0.567. The third-order valence-electron chi connectivity index (χ3n) is 5.35. The second-order valence-corrected chi connectivity index (χ2v) is 8.28. The van der Waals surface area contributed by atoms with Gasteiger partial charge in [0.2, 0.25) is 0 Å². The maximum atomic E-state index is 11.7. The number of hydrogen-bond donors (Lipinski definition) is 0. The lowest BCUT2D eigenvalue weighted by Gasteiger charge is -2.13. The van der Waals surface area contributed by atoms with Crippen LogP contribution in [-0.2, 0) is 9.53 Å². The molecule has 0 radical (unpaired) electrons. The predicted octanol–water partition coefficient (Wildman–Crippen LogP) is 9.22. The minimum absolute atomic E-state index is 0.265. The SMILES string of the molecule is CCCCCCCCCC=CC=CC=CC=CC=CC=CC(=O)OCC(CC)CCCC. The zero-order valence-corrected chi connectivity index (χ0v) is 21.0. The summed E-state index contributed by atoms with van der Waals surface area (Å²) in [6.07, 6.45) is 38.6. The van der Waals surface area contributed by atoms with Crippen molar-refractivity contribution in [2.75, 3.05) is 6.61 Å². The van der Waals surface area contributed by atoms with Crippen LogP contribution in [0.25, 0.3) is 0 Å². The molecule has 0 bridgehead atoms. The molecule has 0 rings (SSSR count). The molecule has 32 heavy (non-hydrogen) atoms. The summed E-state index contributed by atoms with van der Waals surface area (Å²) in [6.45, 7) is 7.12. The molecule has 1 unspecified atom stereocenters. The van der Waals surface area contributed by atoms with Gasteiger partial charge in [-0.25, -0.2) is 4.79 Å². The highest BCUT2D eigenvalue weighted by Gasteiger charge is 2.07. The molecule has 1 atom stereocenters. The van der Waals surface area contributed by atoms with Crippen LogP contribution in [0.1, 0.15) is 97.8 Å². The molecule has 0 spiro atoms. The number of carbonyl (C=O) groups excluding carboxylic acids is 1. The summed E-state index contributed by atoms with van der Waals surface area (Å²) in [6, 6.07) is 0. The average Bonchev–Trinajstić information content (AvgIpc) is 2.80. The highest BCUT2D eigenvalue weighted by Crippen LogP contribution is 2.13. The molecule has 0 N–H and O–H groups in total. The quantitative estimate of drug-likeness (QED) is 0.0816. The van der Waals surface area contributed by atoms with Gasteiger partial charge in [-0.15, -0.1) is 0 Å². The summed E-state index contributed by atoms with van der Waals surface area (Å²) >= 11 is 0. The van der Waals surface area contributed by atoms with Crippen LogP contribution in [0.15, 0.2) is 72.9 Å². The van der Waals surface area contributed by atoms with Crippen LogP contribution in [0.4, 0.5) is 0 Å². The second kappa shape index (κ2) is 25.2. The Kier molecular flexibility index (Phi) is 23.5. The van der Waals surface area contributed by atoms with Gasteiger partial charge in [-0.05, 0) is 25.2 Å². The van der Waals surface area contributed by atoms with E-state index in [0.29, 0.717) is 12.5 Å². The van der Waals surface area contributed by atoms with Crippen LogP contribution in [0.2, 0.25) is 0 Å². The van der Waals surface area contributed by atoms with Crippen molar-refractivity contribution in [3.63, 3.8) is 0 Å². The molecule has 0 saturated heterocycles. The van der Waals surface area contributed by atoms with Gasteiger partial charge < -0.3 is 4.74 Å². The molecule has 180 valence electrons. The lowest BCUT2D eigenvalue weighted by atomic mass is 10.0. The minimum Gasteiger partial charge on any atom is -0.462 e. The first kappa shape index (κ1) is 29.9. The minimum atomic E-state index is -0.265. The van der Waals surface area contributed by atoms with Gasteiger partial charge in [0.25, 0.3) is 0 Å². The van der Waals surface area contributed by atoms with Crippen molar-refractivity contribution < 1.29 is 9.53 Å². The summed E-state index contributed by atoms with van der Waals surface area (Å²) in [5, 5.41) is 0. The smallest absolute Gasteiger partial charge is 0.330 e. The van der Waals surface area contributed by atoms with Crippen molar-refractivity contribution in [1.82, 2.24) is 0 Å². The van der Waals surface area contributed by atoms with Gasteiger partial charge in [-0.1, -0.05) is 145 Å². The third-order valence-corrected chi connectivity index (χ3v) is 5.35.